The van der Waals surface area contributed by atoms with Crippen molar-refractivity contribution in [2.45, 2.75) is 117 Å². The van der Waals surface area contributed by atoms with E-state index < -0.39 is 24.2 Å². The minimum atomic E-state index is -1.21. The van der Waals surface area contributed by atoms with Crippen molar-refractivity contribution in [2.24, 2.45) is 0 Å². The van der Waals surface area contributed by atoms with Crippen molar-refractivity contribution in [3.05, 3.63) is 148 Å². The molecular formula is C48H64Si3Zr. The van der Waals surface area contributed by atoms with Crippen LogP contribution in [-0.4, -0.2) is 27.4 Å². The molecule has 0 fully saturated rings. The molecule has 0 saturated heterocycles. The van der Waals surface area contributed by atoms with E-state index in [1.165, 1.54) is 71.2 Å². The Morgan fingerprint density at radius 2 is 0.981 bits per heavy atom. The van der Waals surface area contributed by atoms with Gasteiger partial charge in [-0.1, -0.05) is 136 Å². The number of benzene rings is 4. The molecule has 0 amide bonds. The van der Waals surface area contributed by atoms with E-state index in [1.54, 1.807) is 5.20 Å². The van der Waals surface area contributed by atoms with Crippen LogP contribution in [0.1, 0.15) is 63.8 Å². The molecule has 0 aromatic heterocycles. The van der Waals surface area contributed by atoms with Crippen LogP contribution >= 0.6 is 0 Å². The van der Waals surface area contributed by atoms with Gasteiger partial charge in [0, 0.05) is 8.07 Å². The van der Waals surface area contributed by atoms with Crippen molar-refractivity contribution in [1.29, 1.82) is 0 Å². The van der Waals surface area contributed by atoms with Crippen molar-refractivity contribution in [1.82, 2.24) is 0 Å². The van der Waals surface area contributed by atoms with Crippen molar-refractivity contribution in [3.8, 4) is 0 Å². The van der Waals surface area contributed by atoms with E-state index in [0.717, 1.165) is 0 Å². The summed E-state index contributed by atoms with van der Waals surface area (Å²) in [5.41, 5.74) is 6.56. The third-order valence-corrected chi connectivity index (χ3v) is 18.4. The Kier molecular flexibility index (Phi) is 13.2. The average molecular weight is 817 g/mol. The van der Waals surface area contributed by atoms with Crippen molar-refractivity contribution < 1.29 is 24.2 Å². The molecule has 0 N–H and O–H groups in total. The fourth-order valence-electron chi connectivity index (χ4n) is 6.96. The molecule has 0 spiro atoms. The maximum absolute atomic E-state index is 3.74. The van der Waals surface area contributed by atoms with Gasteiger partial charge in [0.2, 0.25) is 0 Å². The second-order valence-corrected chi connectivity index (χ2v) is 36.4. The van der Waals surface area contributed by atoms with Crippen LogP contribution in [0, 0.1) is 6.08 Å². The van der Waals surface area contributed by atoms with Crippen LogP contribution in [0.5, 0.6) is 0 Å². The Morgan fingerprint density at radius 3 is 1.31 bits per heavy atom. The zero-order valence-electron chi connectivity index (χ0n) is 35.0. The van der Waals surface area contributed by atoms with Gasteiger partial charge < -0.3 is 0 Å². The summed E-state index contributed by atoms with van der Waals surface area (Å²) in [6.45, 7) is 36.1. The van der Waals surface area contributed by atoms with Crippen LogP contribution in [0.3, 0.4) is 0 Å². The summed E-state index contributed by atoms with van der Waals surface area (Å²) in [7, 11) is -3.57. The molecule has 1 unspecified atom stereocenters. The Morgan fingerprint density at radius 1 is 0.577 bits per heavy atom. The second-order valence-electron chi connectivity index (χ2n) is 19.8. The van der Waals surface area contributed by atoms with Gasteiger partial charge in [0.25, 0.3) is 0 Å². The van der Waals surface area contributed by atoms with Gasteiger partial charge in [0.05, 0.1) is 8.07 Å². The molecule has 52 heavy (non-hydrogen) atoms. The van der Waals surface area contributed by atoms with E-state index in [9.17, 15) is 0 Å². The Hall–Kier alpha value is -2.37. The fourth-order valence-corrected chi connectivity index (χ4v) is 17.7. The SMILES string of the molecule is CC(C)(C)c1ccc2c(c1)[cH-]c1cc(C(C)(C)C)ccc12.C[Si](C)(C)C1=C([Si](C)(C)C)C([Si](C)(C)C)[C-]=C1.[Zr+2]=[C](c1ccccc1)c1ccccc1. The van der Waals surface area contributed by atoms with Gasteiger partial charge >= 0.3 is 99.2 Å². The van der Waals surface area contributed by atoms with Gasteiger partial charge in [-0.15, -0.1) is 45.3 Å². The Balaban J connectivity index is 0.000000178. The summed E-state index contributed by atoms with van der Waals surface area (Å²) in [6.07, 6.45) is 6.12. The van der Waals surface area contributed by atoms with Crippen LogP contribution < -0.4 is 0 Å². The summed E-state index contributed by atoms with van der Waals surface area (Å²) in [5.74, 6) is 0. The maximum atomic E-state index is 3.74. The van der Waals surface area contributed by atoms with E-state index in [0.29, 0.717) is 5.54 Å². The molecular weight excluding hydrogens is 752 g/mol. The number of rotatable bonds is 5. The number of hydrogen-bond acceptors (Lipinski definition) is 0. The molecule has 0 heterocycles. The van der Waals surface area contributed by atoms with Gasteiger partial charge in [-0.3, -0.25) is 6.08 Å². The average Bonchev–Trinajstić information content (AvgIpc) is 3.68. The first-order valence-electron chi connectivity index (χ1n) is 19.1. The number of hydrogen-bond donors (Lipinski definition) is 0. The molecule has 4 heteroatoms. The summed E-state index contributed by atoms with van der Waals surface area (Å²) < 4.78 is 1.42. The zero-order chi connectivity index (χ0) is 38.9. The zero-order valence-corrected chi connectivity index (χ0v) is 40.4. The quantitative estimate of drug-likeness (QED) is 0.122. The molecule has 0 radical (unpaired) electrons. The summed E-state index contributed by atoms with van der Waals surface area (Å²) in [4.78, 5) is 0. The molecule has 0 bridgehead atoms. The van der Waals surface area contributed by atoms with E-state index in [-0.39, 0.29) is 10.8 Å². The van der Waals surface area contributed by atoms with E-state index in [4.69, 9.17) is 0 Å². The third-order valence-electron chi connectivity index (χ3n) is 10.0. The fraction of sp³-hybridized carbons (Fsp3) is 0.375. The summed E-state index contributed by atoms with van der Waals surface area (Å²) in [6, 6.07) is 37.3. The molecule has 5 aromatic rings. The molecule has 0 nitrogen and oxygen atoms in total. The van der Waals surface area contributed by atoms with Crippen LogP contribution in [0.25, 0.3) is 21.5 Å². The minimum absolute atomic E-state index is 0.203. The van der Waals surface area contributed by atoms with Crippen molar-refractivity contribution in [2.75, 3.05) is 0 Å². The molecule has 0 saturated carbocycles. The van der Waals surface area contributed by atoms with Crippen LogP contribution in [0.15, 0.2) is 120 Å². The molecule has 1 atom stereocenters. The number of fused-ring (bicyclic) bond motifs is 3. The van der Waals surface area contributed by atoms with Gasteiger partial charge in [-0.25, -0.2) is 11.3 Å². The molecule has 6 rings (SSSR count). The third kappa shape index (κ3) is 10.6. The van der Waals surface area contributed by atoms with Crippen LogP contribution in [0.4, 0.5) is 0 Å². The van der Waals surface area contributed by atoms with Crippen LogP contribution in [-0.2, 0) is 35.1 Å². The van der Waals surface area contributed by atoms with Crippen molar-refractivity contribution in [3.63, 3.8) is 0 Å². The van der Waals surface area contributed by atoms with E-state index in [2.05, 4.69) is 216 Å². The van der Waals surface area contributed by atoms with E-state index in [1.807, 2.05) is 5.20 Å². The predicted octanol–water partition coefficient (Wildman–Crippen LogP) is 14.2. The first-order valence-corrected chi connectivity index (χ1v) is 30.9. The number of allylic oxidation sites excluding steroid dienone is 4. The molecule has 1 aliphatic carbocycles. The van der Waals surface area contributed by atoms with Crippen molar-refractivity contribution >= 4 is 49.0 Å². The summed E-state index contributed by atoms with van der Waals surface area (Å²) in [5, 5.41) is 9.05. The second kappa shape index (κ2) is 16.2. The van der Waals surface area contributed by atoms with Gasteiger partial charge in [0.15, 0.2) is 0 Å². The first-order chi connectivity index (χ1) is 23.9. The summed E-state index contributed by atoms with van der Waals surface area (Å²) >= 11 is 1.46. The Bertz CT molecular complexity index is 1930. The predicted molar refractivity (Wildman–Crippen MR) is 239 cm³/mol. The standard InChI is InChI=1S/C21H25.C14H29Si3.C13H10.Zr/c1-20(2,3)16-7-9-18-14(12-16)11-15-13-17(21(4,5)6)8-10-19(15)18;1-15(2,3)12-10-11-13(16(4,5)6)14(12)17(7,8)9;1-3-7-12(8-4-1)11-13-9-5-2-6-10-13;/h7-13H,1-6H3;10,13H,1-9H3;1-10H;/q2*-1;;+2. The van der Waals surface area contributed by atoms with Gasteiger partial charge in [-0.05, 0) is 18.9 Å². The topological polar surface area (TPSA) is 0 Å². The van der Waals surface area contributed by atoms with E-state index >= 15 is 0 Å². The molecule has 0 aliphatic heterocycles. The molecule has 5 aromatic carbocycles. The molecule has 272 valence electrons. The Labute approximate surface area is 335 Å². The molecule has 1 aliphatic rings. The monoisotopic (exact) mass is 814 g/mol. The normalized spacial score (nSPS) is 15.4. The van der Waals surface area contributed by atoms with Gasteiger partial charge in [-0.2, -0.15) is 5.20 Å². The van der Waals surface area contributed by atoms with Crippen LogP contribution in [0.2, 0.25) is 64.5 Å². The van der Waals surface area contributed by atoms with Gasteiger partial charge in [0.1, 0.15) is 0 Å². The first kappa shape index (κ1) is 42.4.